The predicted octanol–water partition coefficient (Wildman–Crippen LogP) is 2.69. The lowest BCUT2D eigenvalue weighted by Crippen LogP contribution is -2.32. The Kier molecular flexibility index (Phi) is 6.05. The van der Waals surface area contributed by atoms with Crippen LogP contribution in [-0.4, -0.2) is 35.1 Å². The van der Waals surface area contributed by atoms with Crippen molar-refractivity contribution in [3.8, 4) is 0 Å². The van der Waals surface area contributed by atoms with E-state index in [4.69, 9.17) is 4.74 Å². The molecule has 1 aromatic rings. The highest BCUT2D eigenvalue weighted by Gasteiger charge is 2.19. The van der Waals surface area contributed by atoms with E-state index in [1.54, 1.807) is 0 Å². The summed E-state index contributed by atoms with van der Waals surface area (Å²) in [6, 6.07) is 2.76. The standard InChI is InChI=1S/C16H29N3O/c1-4-17-14(8-9-16-7-6-10-20-16)12-15-11-13(3)18-19(15)5-2/h11,14,16-17H,4-10,12H2,1-3H3. The van der Waals surface area contributed by atoms with Gasteiger partial charge in [-0.05, 0) is 52.1 Å². The molecule has 2 atom stereocenters. The molecule has 1 saturated heterocycles. The van der Waals surface area contributed by atoms with E-state index in [-0.39, 0.29) is 0 Å². The van der Waals surface area contributed by atoms with Crippen LogP contribution in [0.25, 0.3) is 0 Å². The van der Waals surface area contributed by atoms with E-state index >= 15 is 0 Å². The summed E-state index contributed by atoms with van der Waals surface area (Å²) >= 11 is 0. The number of likely N-dealkylation sites (N-methyl/N-ethyl adjacent to an activating group) is 1. The van der Waals surface area contributed by atoms with E-state index in [9.17, 15) is 0 Å². The largest absolute Gasteiger partial charge is 0.378 e. The second-order valence-corrected chi connectivity index (χ2v) is 5.76. The summed E-state index contributed by atoms with van der Waals surface area (Å²) < 4.78 is 7.87. The highest BCUT2D eigenvalue weighted by molar-refractivity contribution is 5.10. The zero-order chi connectivity index (χ0) is 14.4. The van der Waals surface area contributed by atoms with Gasteiger partial charge in [0.15, 0.2) is 0 Å². The van der Waals surface area contributed by atoms with Crippen LogP contribution >= 0.6 is 0 Å². The number of nitrogens with one attached hydrogen (secondary N) is 1. The van der Waals surface area contributed by atoms with Gasteiger partial charge in [0.2, 0.25) is 0 Å². The zero-order valence-corrected chi connectivity index (χ0v) is 13.2. The third-order valence-electron chi connectivity index (χ3n) is 4.09. The van der Waals surface area contributed by atoms with Crippen LogP contribution in [0, 0.1) is 6.92 Å². The summed E-state index contributed by atoms with van der Waals surface area (Å²) in [5.41, 5.74) is 2.47. The Labute approximate surface area is 122 Å². The lowest BCUT2D eigenvalue weighted by atomic mass is 10.0. The number of ether oxygens (including phenoxy) is 1. The lowest BCUT2D eigenvalue weighted by Gasteiger charge is -2.20. The summed E-state index contributed by atoms with van der Waals surface area (Å²) in [6.07, 6.45) is 6.40. The van der Waals surface area contributed by atoms with Crippen molar-refractivity contribution in [2.45, 2.75) is 71.6 Å². The number of aromatic nitrogens is 2. The highest BCUT2D eigenvalue weighted by Crippen LogP contribution is 2.19. The van der Waals surface area contributed by atoms with Gasteiger partial charge in [-0.15, -0.1) is 0 Å². The molecule has 1 N–H and O–H groups in total. The first kappa shape index (κ1) is 15.5. The van der Waals surface area contributed by atoms with Gasteiger partial charge in [0, 0.05) is 31.3 Å². The molecular formula is C16H29N3O. The molecule has 2 heterocycles. The van der Waals surface area contributed by atoms with E-state index in [2.05, 4.69) is 41.9 Å². The Morgan fingerprint density at radius 2 is 2.35 bits per heavy atom. The molecule has 0 spiro atoms. The number of hydrogen-bond acceptors (Lipinski definition) is 3. The Hall–Kier alpha value is -0.870. The first-order chi connectivity index (χ1) is 9.72. The van der Waals surface area contributed by atoms with Crippen molar-refractivity contribution in [3.63, 3.8) is 0 Å². The van der Waals surface area contributed by atoms with Crippen molar-refractivity contribution < 1.29 is 4.74 Å². The summed E-state index contributed by atoms with van der Waals surface area (Å²) in [7, 11) is 0. The van der Waals surface area contributed by atoms with Crippen molar-refractivity contribution >= 4 is 0 Å². The highest BCUT2D eigenvalue weighted by atomic mass is 16.5. The fraction of sp³-hybridized carbons (Fsp3) is 0.812. The fourth-order valence-electron chi connectivity index (χ4n) is 3.11. The molecular weight excluding hydrogens is 250 g/mol. The van der Waals surface area contributed by atoms with E-state index in [1.165, 1.54) is 31.4 Å². The molecule has 0 saturated carbocycles. The summed E-state index contributed by atoms with van der Waals surface area (Å²) in [5, 5.41) is 8.16. The third-order valence-corrected chi connectivity index (χ3v) is 4.09. The quantitative estimate of drug-likeness (QED) is 0.795. The maximum absolute atomic E-state index is 5.74. The van der Waals surface area contributed by atoms with Crippen molar-refractivity contribution in [1.29, 1.82) is 0 Å². The second-order valence-electron chi connectivity index (χ2n) is 5.76. The van der Waals surface area contributed by atoms with Crippen LogP contribution in [0.4, 0.5) is 0 Å². The molecule has 0 aliphatic carbocycles. The van der Waals surface area contributed by atoms with Crippen LogP contribution in [0.2, 0.25) is 0 Å². The molecule has 4 nitrogen and oxygen atoms in total. The van der Waals surface area contributed by atoms with E-state index in [1.807, 2.05) is 0 Å². The van der Waals surface area contributed by atoms with Gasteiger partial charge in [0.1, 0.15) is 0 Å². The second kappa shape index (κ2) is 7.79. The Morgan fingerprint density at radius 1 is 1.50 bits per heavy atom. The smallest absolute Gasteiger partial charge is 0.0596 e. The molecule has 0 bridgehead atoms. The molecule has 2 unspecified atom stereocenters. The molecule has 1 aromatic heterocycles. The van der Waals surface area contributed by atoms with Gasteiger partial charge in [-0.3, -0.25) is 4.68 Å². The maximum Gasteiger partial charge on any atom is 0.0596 e. The average molecular weight is 279 g/mol. The SMILES string of the molecule is CCNC(CCC1CCCO1)Cc1cc(C)nn1CC. The van der Waals surface area contributed by atoms with Gasteiger partial charge >= 0.3 is 0 Å². The fourth-order valence-corrected chi connectivity index (χ4v) is 3.11. The summed E-state index contributed by atoms with van der Waals surface area (Å²) in [6.45, 7) is 9.35. The van der Waals surface area contributed by atoms with Gasteiger partial charge in [-0.25, -0.2) is 0 Å². The van der Waals surface area contributed by atoms with Crippen LogP contribution in [0.5, 0.6) is 0 Å². The van der Waals surface area contributed by atoms with Gasteiger partial charge < -0.3 is 10.1 Å². The third kappa shape index (κ3) is 4.32. The minimum atomic E-state index is 0.494. The zero-order valence-electron chi connectivity index (χ0n) is 13.2. The van der Waals surface area contributed by atoms with Crippen LogP contribution in [0.15, 0.2) is 6.07 Å². The lowest BCUT2D eigenvalue weighted by molar-refractivity contribution is 0.0995. The molecule has 0 amide bonds. The minimum absolute atomic E-state index is 0.494. The molecule has 1 aliphatic heterocycles. The average Bonchev–Trinajstić information content (AvgIpc) is 3.05. The Morgan fingerprint density at radius 3 is 3.00 bits per heavy atom. The number of rotatable bonds is 8. The molecule has 0 aromatic carbocycles. The van der Waals surface area contributed by atoms with Crippen molar-refractivity contribution in [1.82, 2.24) is 15.1 Å². The first-order valence-corrected chi connectivity index (χ1v) is 8.11. The van der Waals surface area contributed by atoms with Gasteiger partial charge in [0.05, 0.1) is 11.8 Å². The van der Waals surface area contributed by atoms with Crippen molar-refractivity contribution in [2.75, 3.05) is 13.2 Å². The van der Waals surface area contributed by atoms with E-state index in [0.717, 1.165) is 31.8 Å². The van der Waals surface area contributed by atoms with Crippen LogP contribution in [-0.2, 0) is 17.7 Å². The van der Waals surface area contributed by atoms with E-state index in [0.29, 0.717) is 12.1 Å². The molecule has 1 aliphatic rings. The number of nitrogens with zero attached hydrogens (tertiary/aromatic N) is 2. The van der Waals surface area contributed by atoms with Crippen molar-refractivity contribution in [3.05, 3.63) is 17.5 Å². The van der Waals surface area contributed by atoms with Gasteiger partial charge in [0.25, 0.3) is 0 Å². The Balaban J connectivity index is 1.89. The number of aryl methyl sites for hydroxylation is 2. The molecule has 20 heavy (non-hydrogen) atoms. The minimum Gasteiger partial charge on any atom is -0.378 e. The normalized spacial score (nSPS) is 20.4. The van der Waals surface area contributed by atoms with Crippen molar-refractivity contribution in [2.24, 2.45) is 0 Å². The summed E-state index contributed by atoms with van der Waals surface area (Å²) in [4.78, 5) is 0. The topological polar surface area (TPSA) is 39.1 Å². The molecule has 1 fully saturated rings. The maximum atomic E-state index is 5.74. The van der Waals surface area contributed by atoms with Crippen LogP contribution in [0.1, 0.15) is 50.9 Å². The molecule has 4 heteroatoms. The first-order valence-electron chi connectivity index (χ1n) is 8.11. The summed E-state index contributed by atoms with van der Waals surface area (Å²) in [5.74, 6) is 0. The van der Waals surface area contributed by atoms with Crippen LogP contribution in [0.3, 0.4) is 0 Å². The molecule has 0 radical (unpaired) electrons. The van der Waals surface area contributed by atoms with Gasteiger partial charge in [-0.2, -0.15) is 5.10 Å². The van der Waals surface area contributed by atoms with E-state index < -0.39 is 0 Å². The number of hydrogen-bond donors (Lipinski definition) is 1. The molecule has 2 rings (SSSR count). The molecule has 114 valence electrons. The van der Waals surface area contributed by atoms with Crippen LogP contribution < -0.4 is 5.32 Å². The van der Waals surface area contributed by atoms with Gasteiger partial charge in [-0.1, -0.05) is 6.92 Å². The predicted molar refractivity (Wildman–Crippen MR) is 82.0 cm³/mol. The Bertz CT molecular complexity index is 396. The monoisotopic (exact) mass is 279 g/mol.